The first kappa shape index (κ1) is 24.6. The van der Waals surface area contributed by atoms with Gasteiger partial charge in [-0.25, -0.2) is 15.0 Å². The topological polar surface area (TPSA) is 157 Å². The SMILES string of the molecule is CCOc1cncc(-c2nc(NCc3ccccc3)c3ncn([C@@H]4O[C@H](C(=O)NC)[C@@H](O)[C@H]4O)c3n2)c1. The molecule has 0 spiro atoms. The predicted molar refractivity (Wildman–Crippen MR) is 133 cm³/mol. The number of benzene rings is 1. The number of carbonyl (C=O) groups excluding carboxylic acids is 1. The Morgan fingerprint density at radius 1 is 1.16 bits per heavy atom. The number of nitrogens with one attached hydrogen (secondary N) is 2. The summed E-state index contributed by atoms with van der Waals surface area (Å²) in [5.41, 5.74) is 2.43. The number of fused-ring (bicyclic) bond motifs is 1. The molecule has 4 heterocycles. The molecule has 0 radical (unpaired) electrons. The van der Waals surface area contributed by atoms with Crippen LogP contribution in [0.25, 0.3) is 22.6 Å². The molecule has 1 fully saturated rings. The molecular weight excluding hydrogens is 478 g/mol. The highest BCUT2D eigenvalue weighted by Gasteiger charge is 2.47. The normalized spacial score (nSPS) is 21.2. The van der Waals surface area contributed by atoms with Crippen LogP contribution in [0.15, 0.2) is 55.1 Å². The van der Waals surface area contributed by atoms with Gasteiger partial charge in [0.25, 0.3) is 5.91 Å². The molecule has 37 heavy (non-hydrogen) atoms. The molecule has 12 nitrogen and oxygen atoms in total. The lowest BCUT2D eigenvalue weighted by Gasteiger charge is -2.17. The first-order valence-corrected chi connectivity index (χ1v) is 11.8. The molecule has 0 aliphatic carbocycles. The first-order valence-electron chi connectivity index (χ1n) is 11.8. The number of carbonyl (C=O) groups is 1. The number of anilines is 1. The molecule has 3 aromatic heterocycles. The van der Waals surface area contributed by atoms with Crippen LogP contribution in [0.2, 0.25) is 0 Å². The molecule has 4 atom stereocenters. The van der Waals surface area contributed by atoms with E-state index in [4.69, 9.17) is 19.4 Å². The van der Waals surface area contributed by atoms with Crippen molar-refractivity contribution < 1.29 is 24.5 Å². The van der Waals surface area contributed by atoms with Crippen molar-refractivity contribution in [3.63, 3.8) is 0 Å². The van der Waals surface area contributed by atoms with E-state index in [9.17, 15) is 15.0 Å². The molecule has 4 N–H and O–H groups in total. The van der Waals surface area contributed by atoms with Crippen molar-refractivity contribution in [1.29, 1.82) is 0 Å². The second kappa shape index (κ2) is 10.5. The number of rotatable bonds is 8. The summed E-state index contributed by atoms with van der Waals surface area (Å²) in [5.74, 6) is 0.829. The third-order valence-electron chi connectivity index (χ3n) is 6.02. The fourth-order valence-electron chi connectivity index (χ4n) is 4.17. The maximum absolute atomic E-state index is 12.2. The third-order valence-corrected chi connectivity index (χ3v) is 6.02. The van der Waals surface area contributed by atoms with Gasteiger partial charge in [0.2, 0.25) is 0 Å². The first-order chi connectivity index (χ1) is 18.0. The quantitative estimate of drug-likeness (QED) is 0.275. The number of aliphatic hydroxyl groups excluding tert-OH is 2. The van der Waals surface area contributed by atoms with Gasteiger partial charge in [-0.3, -0.25) is 14.3 Å². The molecule has 1 aliphatic rings. The van der Waals surface area contributed by atoms with Crippen molar-refractivity contribution in [2.24, 2.45) is 0 Å². The number of aliphatic hydroxyl groups is 2. The minimum absolute atomic E-state index is 0.342. The minimum Gasteiger partial charge on any atom is -0.492 e. The number of hydrogen-bond donors (Lipinski definition) is 4. The Balaban J connectivity index is 1.58. The van der Waals surface area contributed by atoms with E-state index in [-0.39, 0.29) is 0 Å². The van der Waals surface area contributed by atoms with Crippen LogP contribution < -0.4 is 15.4 Å². The van der Waals surface area contributed by atoms with Crippen LogP contribution >= 0.6 is 0 Å². The summed E-state index contributed by atoms with van der Waals surface area (Å²) in [6.45, 7) is 2.84. The van der Waals surface area contributed by atoms with Gasteiger partial charge in [0.1, 0.15) is 18.0 Å². The number of amides is 1. The van der Waals surface area contributed by atoms with Crippen molar-refractivity contribution in [2.45, 2.75) is 38.0 Å². The number of pyridine rings is 1. The van der Waals surface area contributed by atoms with Crippen molar-refractivity contribution >= 4 is 22.9 Å². The Bertz CT molecular complexity index is 1400. The number of nitrogens with zero attached hydrogens (tertiary/aromatic N) is 5. The van der Waals surface area contributed by atoms with Crippen molar-refractivity contribution in [3.8, 4) is 17.1 Å². The summed E-state index contributed by atoms with van der Waals surface area (Å²) < 4.78 is 12.8. The van der Waals surface area contributed by atoms with E-state index in [0.717, 1.165) is 5.56 Å². The summed E-state index contributed by atoms with van der Waals surface area (Å²) in [6.07, 6.45) is -0.483. The van der Waals surface area contributed by atoms with E-state index in [2.05, 4.69) is 20.6 Å². The average molecular weight is 506 g/mol. The summed E-state index contributed by atoms with van der Waals surface area (Å²) in [7, 11) is 1.43. The standard InChI is InChI=1S/C25H27N7O5/c1-3-36-16-9-15(11-27-12-16)21-30-22(28-10-14-7-5-4-6-8-14)17-23(31-21)32(13-29-17)25-19(34)18(33)20(37-25)24(35)26-2/h4-9,11-13,18-20,25,33-34H,3,10H2,1-2H3,(H,26,35)(H,28,30,31)/t18-,19+,20-,25+/m0/s1. The number of likely N-dealkylation sites (N-methyl/N-ethyl adjacent to an activating group) is 1. The van der Waals surface area contributed by atoms with E-state index < -0.39 is 30.4 Å². The monoisotopic (exact) mass is 505 g/mol. The van der Waals surface area contributed by atoms with Gasteiger partial charge in [-0.1, -0.05) is 30.3 Å². The molecule has 192 valence electrons. The molecule has 5 rings (SSSR count). The molecule has 1 amide bonds. The highest BCUT2D eigenvalue weighted by Crippen LogP contribution is 2.34. The molecule has 0 bridgehead atoms. The maximum atomic E-state index is 12.2. The van der Waals surface area contributed by atoms with Crippen molar-refractivity contribution in [3.05, 3.63) is 60.7 Å². The fourth-order valence-corrected chi connectivity index (χ4v) is 4.17. The predicted octanol–water partition coefficient (Wildman–Crippen LogP) is 1.26. The van der Waals surface area contributed by atoms with Crippen LogP contribution in [0.5, 0.6) is 5.75 Å². The molecule has 1 aromatic carbocycles. The lowest BCUT2D eigenvalue weighted by Crippen LogP contribution is -2.41. The van der Waals surface area contributed by atoms with Crippen LogP contribution in [0.3, 0.4) is 0 Å². The van der Waals surface area contributed by atoms with Crippen LogP contribution in [-0.4, -0.2) is 72.6 Å². The highest BCUT2D eigenvalue weighted by molar-refractivity contribution is 5.85. The average Bonchev–Trinajstić information content (AvgIpc) is 3.48. The molecule has 1 saturated heterocycles. The summed E-state index contributed by atoms with van der Waals surface area (Å²) in [6, 6.07) is 11.6. The van der Waals surface area contributed by atoms with Gasteiger partial charge in [0, 0.05) is 25.4 Å². The Morgan fingerprint density at radius 3 is 2.73 bits per heavy atom. The van der Waals surface area contributed by atoms with Crippen molar-refractivity contribution in [1.82, 2.24) is 29.8 Å². The van der Waals surface area contributed by atoms with E-state index in [1.54, 1.807) is 18.5 Å². The lowest BCUT2D eigenvalue weighted by atomic mass is 10.1. The zero-order valence-electron chi connectivity index (χ0n) is 20.3. The summed E-state index contributed by atoms with van der Waals surface area (Å²) in [5, 5.41) is 26.9. The van der Waals surface area contributed by atoms with E-state index in [0.29, 0.717) is 47.3 Å². The largest absolute Gasteiger partial charge is 0.492 e. The van der Waals surface area contributed by atoms with Gasteiger partial charge >= 0.3 is 0 Å². The van der Waals surface area contributed by atoms with Crippen molar-refractivity contribution in [2.75, 3.05) is 19.0 Å². The van der Waals surface area contributed by atoms with Crippen LogP contribution in [-0.2, 0) is 16.1 Å². The van der Waals surface area contributed by atoms with Gasteiger partial charge < -0.3 is 30.3 Å². The molecule has 0 unspecified atom stereocenters. The third kappa shape index (κ3) is 4.81. The zero-order valence-corrected chi connectivity index (χ0v) is 20.3. The van der Waals surface area contributed by atoms with Crippen LogP contribution in [0.4, 0.5) is 5.82 Å². The number of hydrogen-bond acceptors (Lipinski definition) is 10. The smallest absolute Gasteiger partial charge is 0.251 e. The van der Waals surface area contributed by atoms with Crippen LogP contribution in [0, 0.1) is 0 Å². The van der Waals surface area contributed by atoms with Gasteiger partial charge in [0.05, 0.1) is 19.1 Å². The van der Waals surface area contributed by atoms with Gasteiger partial charge in [-0.05, 0) is 18.6 Å². The summed E-state index contributed by atoms with van der Waals surface area (Å²) >= 11 is 0. The summed E-state index contributed by atoms with van der Waals surface area (Å²) in [4.78, 5) is 30.3. The van der Waals surface area contributed by atoms with Gasteiger partial charge in [-0.15, -0.1) is 0 Å². The van der Waals surface area contributed by atoms with E-state index in [1.807, 2.05) is 37.3 Å². The van der Waals surface area contributed by atoms with E-state index in [1.165, 1.54) is 17.9 Å². The number of imidazole rings is 1. The molecule has 12 heteroatoms. The maximum Gasteiger partial charge on any atom is 0.251 e. The molecular formula is C25H27N7O5. The Morgan fingerprint density at radius 2 is 1.97 bits per heavy atom. The highest BCUT2D eigenvalue weighted by atomic mass is 16.6. The van der Waals surface area contributed by atoms with Gasteiger partial charge in [-0.2, -0.15) is 0 Å². The lowest BCUT2D eigenvalue weighted by molar-refractivity contribution is -0.137. The van der Waals surface area contributed by atoms with Crippen LogP contribution in [0.1, 0.15) is 18.7 Å². The Hall–Kier alpha value is -4.13. The van der Waals surface area contributed by atoms with Gasteiger partial charge in [0.15, 0.2) is 35.1 Å². The second-order valence-corrected chi connectivity index (χ2v) is 8.44. The minimum atomic E-state index is -1.42. The second-order valence-electron chi connectivity index (χ2n) is 8.44. The Kier molecular flexibility index (Phi) is 6.95. The van der Waals surface area contributed by atoms with E-state index >= 15 is 0 Å². The molecule has 1 aliphatic heterocycles. The number of ether oxygens (including phenoxy) is 2. The zero-order chi connectivity index (χ0) is 25.9. The Labute approximate surface area is 212 Å². The fraction of sp³-hybridized carbons (Fsp3) is 0.320. The molecule has 4 aromatic rings. The number of aromatic nitrogens is 5. The molecule has 0 saturated carbocycles.